The van der Waals surface area contributed by atoms with E-state index in [4.69, 9.17) is 4.74 Å². The quantitative estimate of drug-likeness (QED) is 0.329. The van der Waals surface area contributed by atoms with Gasteiger partial charge in [-0.1, -0.05) is 18.2 Å². The van der Waals surface area contributed by atoms with E-state index in [1.807, 2.05) is 18.2 Å². The summed E-state index contributed by atoms with van der Waals surface area (Å²) in [5, 5.41) is 0. The maximum absolute atomic E-state index is 4.96. The number of ether oxygens (including phenoxy) is 1. The number of para-hydroxylation sites is 1. The summed E-state index contributed by atoms with van der Waals surface area (Å²) in [6, 6.07) is 9.24. The molecule has 0 aliphatic carbocycles. The van der Waals surface area contributed by atoms with Crippen LogP contribution >= 0.6 is 12.2 Å². The molecular weight excluding hydrogens is 203 g/mol. The molecule has 0 saturated heterocycles. The van der Waals surface area contributed by atoms with E-state index in [1.54, 1.807) is 12.1 Å². The van der Waals surface area contributed by atoms with Gasteiger partial charge in [0.15, 0.2) is 0 Å². The first-order valence-corrected chi connectivity index (χ1v) is 3.54. The van der Waals surface area contributed by atoms with Gasteiger partial charge in [0.1, 0.15) is 5.75 Å². The van der Waals surface area contributed by atoms with Crippen LogP contribution in [-0.2, 0) is 12.6 Å². The molecule has 0 saturated carbocycles. The van der Waals surface area contributed by atoms with E-state index in [0.29, 0.717) is 5.75 Å². The largest absolute Gasteiger partial charge is 1.00 e. The number of hydrogen-bond acceptors (Lipinski definition) is 3. The predicted octanol–water partition coefficient (Wildman–Crippen LogP) is -1.10. The van der Waals surface area contributed by atoms with Crippen LogP contribution < -0.4 is 56.1 Å². The molecule has 0 atom stereocenters. The maximum atomic E-state index is 4.96. The van der Waals surface area contributed by atoms with Crippen molar-refractivity contribution in [2.75, 3.05) is 0 Å². The Bertz CT molecular complexity index is 225. The third-order valence-electron chi connectivity index (χ3n) is 0.944. The Balaban J connectivity index is 0.000001000. The Morgan fingerprint density at radius 1 is 1.27 bits per heavy atom. The summed E-state index contributed by atoms with van der Waals surface area (Å²) in [5.74, 6) is 0.697. The number of rotatable bonds is 1. The van der Waals surface area contributed by atoms with Crippen molar-refractivity contribution in [3.05, 3.63) is 30.3 Å². The Kier molecular flexibility index (Phi) is 7.05. The average Bonchev–Trinajstić information content (AvgIpc) is 1.88. The molecule has 0 fully saturated rings. The third-order valence-corrected chi connectivity index (χ3v) is 1.11. The number of thiocarbonyl (C=S) groups is 1. The zero-order valence-corrected chi connectivity index (χ0v) is 10.9. The summed E-state index contributed by atoms with van der Waals surface area (Å²) in [7, 11) is 0. The van der Waals surface area contributed by atoms with Crippen LogP contribution in [0, 0.1) is 0 Å². The van der Waals surface area contributed by atoms with Gasteiger partial charge in [0.25, 0.3) is 0 Å². The van der Waals surface area contributed by atoms with Crippen LogP contribution in [0.3, 0.4) is 0 Å². The van der Waals surface area contributed by atoms with Gasteiger partial charge in [-0.2, -0.15) is 0 Å². The molecule has 0 spiro atoms. The molecule has 0 aromatic heterocycles. The van der Waals surface area contributed by atoms with Gasteiger partial charge < -0.3 is 29.6 Å². The normalized spacial score (nSPS) is 8.00. The van der Waals surface area contributed by atoms with E-state index in [2.05, 4.69) is 24.8 Å². The van der Waals surface area contributed by atoms with E-state index in [0.717, 1.165) is 0 Å². The molecule has 11 heavy (non-hydrogen) atoms. The van der Waals surface area contributed by atoms with Gasteiger partial charge in [-0.3, -0.25) is 0 Å². The van der Waals surface area contributed by atoms with Crippen molar-refractivity contribution >= 4 is 29.2 Å². The molecule has 1 nitrogen and oxygen atoms in total. The average molecular weight is 208 g/mol. The van der Waals surface area contributed by atoms with Gasteiger partial charge in [0.2, 0.25) is 0 Å². The topological polar surface area (TPSA) is 9.23 Å². The van der Waals surface area contributed by atoms with Gasteiger partial charge in [-0.05, 0) is 12.1 Å². The van der Waals surface area contributed by atoms with Gasteiger partial charge >= 0.3 is 51.4 Å². The minimum Gasteiger partial charge on any atom is -0.477 e. The third kappa shape index (κ3) is 5.24. The standard InChI is InChI=1S/C7H6OS2.K/c9-7(10)8-6-4-2-1-3-5-6;/h1-5H,(H,9,10);/q;+1/p-1. The zero-order chi connectivity index (χ0) is 7.40. The molecular formula is C7H5KOS2. The van der Waals surface area contributed by atoms with Gasteiger partial charge in [-0.25, -0.2) is 0 Å². The molecule has 0 aliphatic heterocycles. The molecule has 0 N–H and O–H groups in total. The van der Waals surface area contributed by atoms with Crippen molar-refractivity contribution < 1.29 is 56.1 Å². The zero-order valence-electron chi connectivity index (χ0n) is 6.11. The Morgan fingerprint density at radius 2 is 1.82 bits per heavy atom. The first kappa shape index (κ1) is 12.0. The van der Waals surface area contributed by atoms with Gasteiger partial charge in [0.05, 0.1) is 0 Å². The van der Waals surface area contributed by atoms with E-state index in [-0.39, 0.29) is 55.8 Å². The fourth-order valence-corrected chi connectivity index (χ4v) is 0.777. The van der Waals surface area contributed by atoms with Crippen molar-refractivity contribution in [1.29, 1.82) is 0 Å². The Hall–Kier alpha value is 0.966. The van der Waals surface area contributed by atoms with Crippen LogP contribution in [-0.4, -0.2) is 4.38 Å². The Morgan fingerprint density at radius 3 is 2.27 bits per heavy atom. The number of benzene rings is 1. The van der Waals surface area contributed by atoms with Crippen LogP contribution in [0.4, 0.5) is 0 Å². The second-order valence-corrected chi connectivity index (χ2v) is 2.67. The second kappa shape index (κ2) is 6.48. The van der Waals surface area contributed by atoms with E-state index in [9.17, 15) is 0 Å². The second-order valence-electron chi connectivity index (χ2n) is 1.67. The molecule has 0 aliphatic rings. The maximum Gasteiger partial charge on any atom is 1.00 e. The first-order valence-electron chi connectivity index (χ1n) is 2.73. The summed E-state index contributed by atoms with van der Waals surface area (Å²) in [6.45, 7) is 0. The van der Waals surface area contributed by atoms with Crippen molar-refractivity contribution in [2.45, 2.75) is 0 Å². The minimum absolute atomic E-state index is 0. The first-order chi connectivity index (χ1) is 4.79. The number of hydrogen-bond donors (Lipinski definition) is 0. The van der Waals surface area contributed by atoms with Gasteiger partial charge in [-0.15, -0.1) is 0 Å². The van der Waals surface area contributed by atoms with Crippen LogP contribution in [0.1, 0.15) is 0 Å². The van der Waals surface area contributed by atoms with E-state index < -0.39 is 0 Å². The summed E-state index contributed by atoms with van der Waals surface area (Å²) >= 11 is 9.14. The minimum atomic E-state index is 0. The SMILES string of the molecule is S=C([S-])Oc1ccccc1.[K+]. The van der Waals surface area contributed by atoms with E-state index in [1.165, 1.54) is 0 Å². The monoisotopic (exact) mass is 208 g/mol. The van der Waals surface area contributed by atoms with Crippen molar-refractivity contribution in [1.82, 2.24) is 0 Å². The summed E-state index contributed by atoms with van der Waals surface area (Å²) in [5.41, 5.74) is 0. The van der Waals surface area contributed by atoms with E-state index >= 15 is 0 Å². The molecule has 1 aromatic carbocycles. The smallest absolute Gasteiger partial charge is 0.477 e. The molecule has 0 unspecified atom stereocenters. The molecule has 0 heterocycles. The van der Waals surface area contributed by atoms with Crippen molar-refractivity contribution in [2.24, 2.45) is 0 Å². The fraction of sp³-hybridized carbons (Fsp3) is 0. The Labute approximate surface area is 119 Å². The molecule has 1 rings (SSSR count). The predicted molar refractivity (Wildman–Crippen MR) is 47.0 cm³/mol. The van der Waals surface area contributed by atoms with Crippen LogP contribution in [0.25, 0.3) is 0 Å². The van der Waals surface area contributed by atoms with Crippen LogP contribution in [0.15, 0.2) is 30.3 Å². The molecule has 0 amide bonds. The molecule has 0 bridgehead atoms. The van der Waals surface area contributed by atoms with Crippen LogP contribution in [0.5, 0.6) is 5.75 Å². The summed E-state index contributed by atoms with van der Waals surface area (Å²) < 4.78 is 5.09. The molecule has 4 heteroatoms. The summed E-state index contributed by atoms with van der Waals surface area (Å²) in [4.78, 5) is 0. The van der Waals surface area contributed by atoms with Crippen molar-refractivity contribution in [3.8, 4) is 5.75 Å². The van der Waals surface area contributed by atoms with Gasteiger partial charge in [0, 0.05) is 4.38 Å². The fourth-order valence-electron chi connectivity index (χ4n) is 0.585. The van der Waals surface area contributed by atoms with Crippen molar-refractivity contribution in [3.63, 3.8) is 0 Å². The van der Waals surface area contributed by atoms with Crippen LogP contribution in [0.2, 0.25) is 0 Å². The molecule has 0 radical (unpaired) electrons. The summed E-state index contributed by atoms with van der Waals surface area (Å²) in [6.07, 6.45) is 0. The molecule has 52 valence electrons. The molecule has 1 aromatic rings.